The molecule has 0 saturated carbocycles. The van der Waals surface area contributed by atoms with Gasteiger partial charge in [-0.15, -0.1) is 0 Å². The molecule has 0 bridgehead atoms. The monoisotopic (exact) mass is 359 g/mol. The summed E-state index contributed by atoms with van der Waals surface area (Å²) in [5.41, 5.74) is 1.39. The molecule has 2 aromatic rings. The third kappa shape index (κ3) is 4.98. The van der Waals surface area contributed by atoms with E-state index >= 15 is 0 Å². The Morgan fingerprint density at radius 1 is 1.15 bits per heavy atom. The molecule has 2 rings (SSSR count). The smallest absolute Gasteiger partial charge is 0.257 e. The van der Waals surface area contributed by atoms with Gasteiger partial charge < -0.3 is 15.1 Å². The molecule has 8 heteroatoms. The molecule has 138 valence electrons. The van der Waals surface area contributed by atoms with E-state index in [0.717, 1.165) is 5.69 Å². The maximum atomic E-state index is 13.7. The van der Waals surface area contributed by atoms with Crippen molar-refractivity contribution in [3.05, 3.63) is 53.1 Å². The van der Waals surface area contributed by atoms with Crippen LogP contribution in [0.4, 0.5) is 10.3 Å². The zero-order valence-corrected chi connectivity index (χ0v) is 15.3. The molecule has 0 aliphatic rings. The summed E-state index contributed by atoms with van der Waals surface area (Å²) in [6.07, 6.45) is 0. The molecule has 1 N–H and O–H groups in total. The first kappa shape index (κ1) is 19.3. The van der Waals surface area contributed by atoms with Crippen molar-refractivity contribution in [2.24, 2.45) is 0 Å². The molecule has 1 aromatic heterocycles. The summed E-state index contributed by atoms with van der Waals surface area (Å²) in [5.74, 6) is -0.968. The van der Waals surface area contributed by atoms with Crippen LogP contribution in [0.1, 0.15) is 21.7 Å². The molecule has 0 aliphatic carbocycles. The third-order valence-corrected chi connectivity index (χ3v) is 3.59. The third-order valence-electron chi connectivity index (χ3n) is 3.59. The van der Waals surface area contributed by atoms with Crippen molar-refractivity contribution in [1.29, 1.82) is 0 Å². The molecular formula is C18H22FN5O2. The highest BCUT2D eigenvalue weighted by atomic mass is 19.1. The Morgan fingerprint density at radius 2 is 1.85 bits per heavy atom. The number of aromatic nitrogens is 2. The second-order valence-corrected chi connectivity index (χ2v) is 6.11. The molecule has 1 aromatic carbocycles. The van der Waals surface area contributed by atoms with Crippen LogP contribution in [0, 0.1) is 12.7 Å². The number of benzene rings is 1. The lowest BCUT2D eigenvalue weighted by Gasteiger charge is -2.17. The van der Waals surface area contributed by atoms with E-state index in [1.807, 2.05) is 21.0 Å². The van der Waals surface area contributed by atoms with Crippen LogP contribution in [0.5, 0.6) is 0 Å². The first-order chi connectivity index (χ1) is 12.3. The van der Waals surface area contributed by atoms with Crippen LogP contribution in [0.15, 0.2) is 30.3 Å². The Balaban J connectivity index is 1.95. The Hall–Kier alpha value is -3.03. The van der Waals surface area contributed by atoms with Crippen LogP contribution in [-0.2, 0) is 11.3 Å². The maximum absolute atomic E-state index is 13.7. The van der Waals surface area contributed by atoms with Gasteiger partial charge in [0.2, 0.25) is 11.9 Å². The fourth-order valence-electron chi connectivity index (χ4n) is 2.28. The van der Waals surface area contributed by atoms with Crippen molar-refractivity contribution in [3.8, 4) is 0 Å². The minimum Gasteiger partial charge on any atom is -0.349 e. The molecular weight excluding hydrogens is 337 g/mol. The van der Waals surface area contributed by atoms with E-state index in [1.54, 1.807) is 17.0 Å². The summed E-state index contributed by atoms with van der Waals surface area (Å²) < 4.78 is 13.7. The number of nitrogens with one attached hydrogen (secondary N) is 1. The molecule has 26 heavy (non-hydrogen) atoms. The average molecular weight is 359 g/mol. The number of anilines is 1. The normalized spacial score (nSPS) is 10.3. The zero-order chi connectivity index (χ0) is 19.3. The summed E-state index contributed by atoms with van der Waals surface area (Å²) in [7, 11) is 5.12. The second-order valence-electron chi connectivity index (χ2n) is 6.11. The number of hydrogen-bond donors (Lipinski definition) is 1. The number of aryl methyl sites for hydroxylation is 1. The first-order valence-electron chi connectivity index (χ1n) is 8.06. The SMILES string of the molecule is Cc1cc(CNC(=O)CN(C)C(=O)c2ccccc2F)nc(N(C)C)n1. The van der Waals surface area contributed by atoms with Gasteiger partial charge in [-0.05, 0) is 25.1 Å². The highest BCUT2D eigenvalue weighted by Gasteiger charge is 2.18. The van der Waals surface area contributed by atoms with E-state index in [0.29, 0.717) is 11.6 Å². The van der Waals surface area contributed by atoms with E-state index < -0.39 is 11.7 Å². The van der Waals surface area contributed by atoms with Crippen LogP contribution in [0.3, 0.4) is 0 Å². The predicted octanol–water partition coefficient (Wildman–Crippen LogP) is 1.38. The Morgan fingerprint density at radius 3 is 2.50 bits per heavy atom. The Bertz CT molecular complexity index is 810. The first-order valence-corrected chi connectivity index (χ1v) is 8.06. The van der Waals surface area contributed by atoms with Crippen LogP contribution < -0.4 is 10.2 Å². The lowest BCUT2D eigenvalue weighted by molar-refractivity contribution is -0.121. The van der Waals surface area contributed by atoms with Crippen LogP contribution >= 0.6 is 0 Å². The van der Waals surface area contributed by atoms with Gasteiger partial charge in [0.25, 0.3) is 5.91 Å². The highest BCUT2D eigenvalue weighted by Crippen LogP contribution is 2.09. The minimum absolute atomic E-state index is 0.0650. The van der Waals surface area contributed by atoms with E-state index in [4.69, 9.17) is 0 Å². The topological polar surface area (TPSA) is 78.4 Å². The molecule has 1 heterocycles. The van der Waals surface area contributed by atoms with Gasteiger partial charge in [0, 0.05) is 26.8 Å². The van der Waals surface area contributed by atoms with Gasteiger partial charge in [0.1, 0.15) is 5.82 Å². The maximum Gasteiger partial charge on any atom is 0.257 e. The average Bonchev–Trinajstić information content (AvgIpc) is 2.59. The largest absolute Gasteiger partial charge is 0.349 e. The second kappa shape index (κ2) is 8.37. The number of likely N-dealkylation sites (N-methyl/N-ethyl adjacent to an activating group) is 1. The van der Waals surface area contributed by atoms with Crippen molar-refractivity contribution in [2.45, 2.75) is 13.5 Å². The number of amides is 2. The number of carbonyl (C=O) groups is 2. The molecule has 0 aliphatic heterocycles. The standard InChI is InChI=1S/C18H22FN5O2/c1-12-9-13(22-18(21-12)23(2)3)10-20-16(25)11-24(4)17(26)14-7-5-6-8-15(14)19/h5-9H,10-11H2,1-4H3,(H,20,25). The molecule has 7 nitrogen and oxygen atoms in total. The zero-order valence-electron chi connectivity index (χ0n) is 15.3. The van der Waals surface area contributed by atoms with Crippen LogP contribution in [0.2, 0.25) is 0 Å². The van der Waals surface area contributed by atoms with Gasteiger partial charge in [-0.1, -0.05) is 12.1 Å². The van der Waals surface area contributed by atoms with Crippen LogP contribution in [0.25, 0.3) is 0 Å². The number of nitrogens with zero attached hydrogens (tertiary/aromatic N) is 4. The van der Waals surface area contributed by atoms with Gasteiger partial charge in [-0.2, -0.15) is 0 Å². The van der Waals surface area contributed by atoms with E-state index in [-0.39, 0.29) is 24.6 Å². The Kier molecular flexibility index (Phi) is 6.21. The molecule has 0 atom stereocenters. The van der Waals surface area contributed by atoms with E-state index in [9.17, 15) is 14.0 Å². The van der Waals surface area contributed by atoms with E-state index in [2.05, 4.69) is 15.3 Å². The summed E-state index contributed by atoms with van der Waals surface area (Å²) in [4.78, 5) is 35.9. The molecule has 2 amide bonds. The fourth-order valence-corrected chi connectivity index (χ4v) is 2.28. The van der Waals surface area contributed by atoms with Crippen molar-refractivity contribution < 1.29 is 14.0 Å². The molecule has 0 saturated heterocycles. The summed E-state index contributed by atoms with van der Waals surface area (Å²) >= 11 is 0. The van der Waals surface area contributed by atoms with Crippen molar-refractivity contribution in [2.75, 3.05) is 32.6 Å². The fraction of sp³-hybridized carbons (Fsp3) is 0.333. The Labute approximate surface area is 151 Å². The number of carbonyl (C=O) groups excluding carboxylic acids is 2. The molecule has 0 radical (unpaired) electrons. The summed E-state index contributed by atoms with van der Waals surface area (Å²) in [6.45, 7) is 1.88. The minimum atomic E-state index is -0.613. The van der Waals surface area contributed by atoms with Gasteiger partial charge >= 0.3 is 0 Å². The predicted molar refractivity (Wildman–Crippen MR) is 96.3 cm³/mol. The van der Waals surface area contributed by atoms with Gasteiger partial charge in [0.15, 0.2) is 0 Å². The van der Waals surface area contributed by atoms with Gasteiger partial charge in [-0.25, -0.2) is 14.4 Å². The quantitative estimate of drug-likeness (QED) is 0.843. The van der Waals surface area contributed by atoms with Crippen molar-refractivity contribution >= 4 is 17.8 Å². The number of rotatable bonds is 6. The lowest BCUT2D eigenvalue weighted by Crippen LogP contribution is -2.38. The van der Waals surface area contributed by atoms with Gasteiger partial charge in [-0.3, -0.25) is 9.59 Å². The molecule has 0 unspecified atom stereocenters. The van der Waals surface area contributed by atoms with Gasteiger partial charge in [0.05, 0.1) is 24.3 Å². The van der Waals surface area contributed by atoms with Crippen molar-refractivity contribution in [3.63, 3.8) is 0 Å². The molecule has 0 fully saturated rings. The van der Waals surface area contributed by atoms with E-state index in [1.165, 1.54) is 30.1 Å². The van der Waals surface area contributed by atoms with Crippen LogP contribution in [-0.4, -0.2) is 54.4 Å². The summed E-state index contributed by atoms with van der Waals surface area (Å²) in [5, 5.41) is 2.71. The lowest BCUT2D eigenvalue weighted by atomic mass is 10.2. The van der Waals surface area contributed by atoms with Crippen molar-refractivity contribution in [1.82, 2.24) is 20.2 Å². The summed E-state index contributed by atoms with van der Waals surface area (Å²) in [6, 6.07) is 7.45. The highest BCUT2D eigenvalue weighted by molar-refractivity contribution is 5.96. The number of halogens is 1. The molecule has 0 spiro atoms. The number of hydrogen-bond acceptors (Lipinski definition) is 5.